The minimum absolute atomic E-state index is 0. The van der Waals surface area contributed by atoms with E-state index in [-0.39, 0.29) is 36.4 Å². The molecule has 1 unspecified atom stereocenters. The summed E-state index contributed by atoms with van der Waals surface area (Å²) in [6.07, 6.45) is 0.989. The lowest BCUT2D eigenvalue weighted by atomic mass is 10.1. The third kappa shape index (κ3) is 7.49. The molecule has 3 rings (SSSR count). The van der Waals surface area contributed by atoms with E-state index in [1.54, 1.807) is 7.11 Å². The Morgan fingerprint density at radius 2 is 1.43 bits per heavy atom. The van der Waals surface area contributed by atoms with Crippen molar-refractivity contribution in [1.29, 1.82) is 0 Å². The number of rotatable bonds is 7. The Hall–Kier alpha value is -1.50. The van der Waals surface area contributed by atoms with Crippen LogP contribution in [0.5, 0.6) is 11.5 Å². The molecule has 0 amide bonds. The Kier molecular flexibility index (Phi) is 12.9. The van der Waals surface area contributed by atoms with Crippen LogP contribution in [0.1, 0.15) is 18.1 Å². The first-order valence-corrected chi connectivity index (χ1v) is 9.02. The third-order valence-electron chi connectivity index (χ3n) is 4.81. The van der Waals surface area contributed by atoms with E-state index in [1.165, 1.54) is 5.56 Å². The Morgan fingerprint density at radius 3 is 2.04 bits per heavy atom. The number of hydrogen-bond donors (Lipinski definition) is 0. The molecule has 1 saturated heterocycles. The van der Waals surface area contributed by atoms with Crippen molar-refractivity contribution >= 4 is 24.8 Å². The van der Waals surface area contributed by atoms with Gasteiger partial charge >= 0.3 is 0 Å². The van der Waals surface area contributed by atoms with E-state index in [4.69, 9.17) is 9.47 Å². The van der Waals surface area contributed by atoms with Crippen molar-refractivity contribution in [2.24, 2.45) is 0 Å². The van der Waals surface area contributed by atoms with Gasteiger partial charge < -0.3 is 24.7 Å². The molecule has 0 aromatic heterocycles. The monoisotopic (exact) mass is 430 g/mol. The smallest absolute Gasteiger partial charge is 0.162 e. The van der Waals surface area contributed by atoms with Gasteiger partial charge in [0.05, 0.1) is 7.11 Å². The molecule has 0 aliphatic carbocycles. The van der Waals surface area contributed by atoms with Gasteiger partial charge in [-0.1, -0.05) is 42.5 Å². The van der Waals surface area contributed by atoms with Crippen LogP contribution in [-0.4, -0.2) is 62.2 Å². The number of halogens is 2. The number of benzene rings is 2. The molecule has 0 spiro atoms. The van der Waals surface area contributed by atoms with Gasteiger partial charge in [-0.15, -0.1) is 24.8 Å². The number of piperazine rings is 1. The summed E-state index contributed by atoms with van der Waals surface area (Å²) in [5, 5.41) is 0. The highest BCUT2D eigenvalue weighted by atomic mass is 35.5. The summed E-state index contributed by atoms with van der Waals surface area (Å²) in [4.78, 5) is 4.91. The molecule has 2 aromatic carbocycles. The molecule has 0 bridgehead atoms. The Balaban J connectivity index is 0.00000243. The van der Waals surface area contributed by atoms with Gasteiger partial charge in [0.15, 0.2) is 11.5 Å². The van der Waals surface area contributed by atoms with E-state index in [0.717, 1.165) is 50.6 Å². The van der Waals surface area contributed by atoms with Crippen molar-refractivity contribution in [3.63, 3.8) is 0 Å². The average molecular weight is 431 g/mol. The number of hydrogen-bond acceptors (Lipinski definition) is 4. The topological polar surface area (TPSA) is 56.4 Å². The average Bonchev–Trinajstić information content (AvgIpc) is 2.67. The summed E-state index contributed by atoms with van der Waals surface area (Å²) in [5.74, 6) is 1.58. The first-order chi connectivity index (χ1) is 12.3. The summed E-state index contributed by atoms with van der Waals surface area (Å²) < 4.78 is 11.8. The first kappa shape index (κ1) is 26.5. The predicted octanol–water partition coefficient (Wildman–Crippen LogP) is 3.47. The fourth-order valence-corrected chi connectivity index (χ4v) is 3.20. The third-order valence-corrected chi connectivity index (χ3v) is 4.81. The van der Waals surface area contributed by atoms with Crippen LogP contribution in [0.25, 0.3) is 0 Å². The van der Waals surface area contributed by atoms with Crippen molar-refractivity contribution < 1.29 is 14.9 Å². The second kappa shape index (κ2) is 13.6. The van der Waals surface area contributed by atoms with Crippen LogP contribution in [0.4, 0.5) is 0 Å². The minimum Gasteiger partial charge on any atom is -0.493 e. The van der Waals surface area contributed by atoms with Crippen molar-refractivity contribution in [3.05, 3.63) is 60.2 Å². The number of nitrogens with zero attached hydrogens (tertiary/aromatic N) is 2. The second-order valence-corrected chi connectivity index (χ2v) is 6.60. The quantitative estimate of drug-likeness (QED) is 0.674. The zero-order chi connectivity index (χ0) is 17.5. The maximum absolute atomic E-state index is 6.37. The predicted molar refractivity (Wildman–Crippen MR) is 119 cm³/mol. The Morgan fingerprint density at radius 1 is 0.857 bits per heavy atom. The molecule has 5 nitrogen and oxygen atoms in total. The fraction of sp³-hybridized carbons (Fsp3) is 0.429. The molecule has 1 heterocycles. The maximum Gasteiger partial charge on any atom is 0.162 e. The van der Waals surface area contributed by atoms with Crippen molar-refractivity contribution in [1.82, 2.24) is 9.80 Å². The molecule has 28 heavy (non-hydrogen) atoms. The molecule has 2 aromatic rings. The van der Waals surface area contributed by atoms with Gasteiger partial charge in [-0.3, -0.25) is 0 Å². The lowest BCUT2D eigenvalue weighted by molar-refractivity contribution is 0.122. The molecule has 1 fully saturated rings. The van der Waals surface area contributed by atoms with Gasteiger partial charge in [-0.2, -0.15) is 0 Å². The normalized spacial score (nSPS) is 15.4. The van der Waals surface area contributed by atoms with Gasteiger partial charge in [-0.05, 0) is 24.7 Å². The molecular weight excluding hydrogens is 399 g/mol. The summed E-state index contributed by atoms with van der Waals surface area (Å²) in [6.45, 7) is 5.59. The summed E-state index contributed by atoms with van der Waals surface area (Å²) in [5.41, 5.74) is 1.21. The van der Waals surface area contributed by atoms with E-state index < -0.39 is 0 Å². The highest BCUT2D eigenvalue weighted by Gasteiger charge is 2.19. The molecule has 0 saturated carbocycles. The largest absolute Gasteiger partial charge is 0.493 e. The van der Waals surface area contributed by atoms with Crippen LogP contribution in [-0.2, 0) is 0 Å². The molecule has 1 atom stereocenters. The molecule has 7 heteroatoms. The molecule has 0 radical (unpaired) electrons. The molecular formula is C21H32Cl2N2O3. The molecule has 1 aliphatic rings. The number of likely N-dealkylation sites (N-methyl/N-ethyl adjacent to an activating group) is 1. The zero-order valence-corrected chi connectivity index (χ0v) is 18.2. The maximum atomic E-state index is 6.37. The van der Waals surface area contributed by atoms with Crippen LogP contribution in [0, 0.1) is 0 Å². The molecule has 2 N–H and O–H groups in total. The standard InChI is InChI=1S/C21H28N2O2.2ClH.H2O/c1-22-14-16-23(17-15-22)13-12-19(18-8-4-3-5-9-18)25-21-11-7-6-10-20(21)24-2;;;/h3-11,19H,12-17H2,1-2H3;2*1H;1H2. The first-order valence-electron chi connectivity index (χ1n) is 9.02. The van der Waals surface area contributed by atoms with Crippen LogP contribution < -0.4 is 9.47 Å². The Bertz CT molecular complexity index is 653. The van der Waals surface area contributed by atoms with E-state index in [2.05, 4.69) is 41.1 Å². The lowest BCUT2D eigenvalue weighted by Gasteiger charge is -2.33. The van der Waals surface area contributed by atoms with Gasteiger partial charge in [0, 0.05) is 39.1 Å². The fourth-order valence-electron chi connectivity index (χ4n) is 3.20. The summed E-state index contributed by atoms with van der Waals surface area (Å²) in [6, 6.07) is 18.3. The van der Waals surface area contributed by atoms with E-state index in [1.807, 2.05) is 30.3 Å². The van der Waals surface area contributed by atoms with Gasteiger partial charge in [0.1, 0.15) is 6.10 Å². The second-order valence-electron chi connectivity index (χ2n) is 6.60. The summed E-state index contributed by atoms with van der Waals surface area (Å²) >= 11 is 0. The number of methoxy groups -OCH3 is 1. The molecule has 1 aliphatic heterocycles. The van der Waals surface area contributed by atoms with Crippen molar-refractivity contribution in [3.8, 4) is 11.5 Å². The van der Waals surface area contributed by atoms with Gasteiger partial charge in [0.25, 0.3) is 0 Å². The highest BCUT2D eigenvalue weighted by molar-refractivity contribution is 5.85. The van der Waals surface area contributed by atoms with Crippen LogP contribution in [0.3, 0.4) is 0 Å². The molecule has 158 valence electrons. The van der Waals surface area contributed by atoms with Gasteiger partial charge in [0.2, 0.25) is 0 Å². The Labute approximate surface area is 180 Å². The van der Waals surface area contributed by atoms with Crippen molar-refractivity contribution in [2.45, 2.75) is 12.5 Å². The van der Waals surface area contributed by atoms with Gasteiger partial charge in [-0.25, -0.2) is 0 Å². The van der Waals surface area contributed by atoms with Crippen molar-refractivity contribution in [2.75, 3.05) is 46.9 Å². The van der Waals surface area contributed by atoms with Crippen LogP contribution in [0.2, 0.25) is 0 Å². The van der Waals surface area contributed by atoms with Crippen LogP contribution >= 0.6 is 24.8 Å². The number of para-hydroxylation sites is 2. The SMILES string of the molecule is COc1ccccc1OC(CCN1CCN(C)CC1)c1ccccc1.Cl.Cl.O. The summed E-state index contributed by atoms with van der Waals surface area (Å²) in [7, 11) is 3.87. The highest BCUT2D eigenvalue weighted by Crippen LogP contribution is 2.32. The minimum atomic E-state index is 0. The van der Waals surface area contributed by atoms with Crippen LogP contribution in [0.15, 0.2) is 54.6 Å². The van der Waals surface area contributed by atoms with E-state index in [0.29, 0.717) is 0 Å². The lowest BCUT2D eigenvalue weighted by Crippen LogP contribution is -2.45. The van der Waals surface area contributed by atoms with E-state index >= 15 is 0 Å². The van der Waals surface area contributed by atoms with E-state index in [9.17, 15) is 0 Å². The number of ether oxygens (including phenoxy) is 2. The zero-order valence-electron chi connectivity index (χ0n) is 16.5.